The van der Waals surface area contributed by atoms with Gasteiger partial charge in [0.25, 0.3) is 11.7 Å². The highest BCUT2D eigenvalue weighted by molar-refractivity contribution is 7.15. The number of carbonyl (C=O) groups excluding carboxylic acids is 2. The Morgan fingerprint density at radius 3 is 2.95 bits per heavy atom. The fraction of sp³-hybridized carbons (Fsp3) is 0.0714. The van der Waals surface area contributed by atoms with Crippen LogP contribution in [0.4, 0.5) is 5.69 Å². The Labute approximate surface area is 128 Å². The largest absolute Gasteiger partial charge is 0.299 e. The van der Waals surface area contributed by atoms with Crippen LogP contribution in [0.5, 0.6) is 0 Å². The molecule has 0 spiro atoms. The second-order valence-electron chi connectivity index (χ2n) is 4.68. The van der Waals surface area contributed by atoms with Gasteiger partial charge in [-0.05, 0) is 12.1 Å². The highest BCUT2D eigenvalue weighted by Gasteiger charge is 2.37. The van der Waals surface area contributed by atoms with Gasteiger partial charge in [-0.15, -0.1) is 11.3 Å². The molecule has 0 saturated heterocycles. The Hall–Kier alpha value is -2.18. The molecule has 104 valence electrons. The second-order valence-corrected chi connectivity index (χ2v) is 5.96. The third kappa shape index (κ3) is 1.80. The maximum atomic E-state index is 12.2. The van der Waals surface area contributed by atoms with Crippen LogP contribution in [0.3, 0.4) is 0 Å². The third-order valence-electron chi connectivity index (χ3n) is 3.41. The summed E-state index contributed by atoms with van der Waals surface area (Å²) in [7, 11) is 0. The minimum Gasteiger partial charge on any atom is -0.299 e. The molecule has 0 aliphatic carbocycles. The van der Waals surface area contributed by atoms with E-state index in [9.17, 15) is 9.59 Å². The first kappa shape index (κ1) is 12.6. The third-order valence-corrected chi connectivity index (χ3v) is 4.50. The number of Topliss-reactive ketones (excluding diaryl/α,β-unsaturated/α-hetero) is 1. The van der Waals surface area contributed by atoms with Crippen molar-refractivity contribution in [2.24, 2.45) is 0 Å². The molecule has 0 saturated carbocycles. The number of ketones is 1. The minimum atomic E-state index is -0.561. The minimum absolute atomic E-state index is 0.256. The normalized spacial score (nSPS) is 14.2. The van der Waals surface area contributed by atoms with E-state index in [0.29, 0.717) is 10.7 Å². The van der Waals surface area contributed by atoms with E-state index in [1.54, 1.807) is 18.2 Å². The number of amides is 1. The number of nitrogens with zero attached hydrogens (tertiary/aromatic N) is 3. The monoisotopic (exact) mass is 317 g/mol. The van der Waals surface area contributed by atoms with Gasteiger partial charge in [-0.1, -0.05) is 17.7 Å². The Bertz CT molecular complexity index is 870. The summed E-state index contributed by atoms with van der Waals surface area (Å²) in [6.07, 6.45) is 3.75. The van der Waals surface area contributed by atoms with Crippen LogP contribution in [0, 0.1) is 0 Å². The first-order valence-corrected chi connectivity index (χ1v) is 7.46. The van der Waals surface area contributed by atoms with Crippen molar-refractivity contribution in [3.8, 4) is 0 Å². The summed E-state index contributed by atoms with van der Waals surface area (Å²) >= 11 is 7.54. The van der Waals surface area contributed by atoms with Gasteiger partial charge in [-0.3, -0.25) is 18.9 Å². The van der Waals surface area contributed by atoms with Gasteiger partial charge in [0, 0.05) is 17.8 Å². The number of rotatable bonds is 2. The number of halogens is 1. The van der Waals surface area contributed by atoms with Crippen molar-refractivity contribution in [3.05, 3.63) is 52.3 Å². The molecule has 0 fully saturated rings. The van der Waals surface area contributed by atoms with Crippen LogP contribution in [-0.4, -0.2) is 21.1 Å². The van der Waals surface area contributed by atoms with E-state index < -0.39 is 11.7 Å². The number of hydrogen-bond acceptors (Lipinski definition) is 4. The molecule has 0 radical (unpaired) electrons. The van der Waals surface area contributed by atoms with Crippen LogP contribution in [0.15, 0.2) is 36.0 Å². The van der Waals surface area contributed by atoms with Crippen molar-refractivity contribution in [1.29, 1.82) is 0 Å². The maximum absolute atomic E-state index is 12.2. The van der Waals surface area contributed by atoms with Crippen LogP contribution in [0.2, 0.25) is 5.02 Å². The summed E-state index contributed by atoms with van der Waals surface area (Å²) in [6.45, 7) is 0.256. The molecule has 7 heteroatoms. The molecule has 3 heterocycles. The summed E-state index contributed by atoms with van der Waals surface area (Å²) in [6, 6.07) is 5.07. The molecule has 0 N–H and O–H groups in total. The van der Waals surface area contributed by atoms with Gasteiger partial charge >= 0.3 is 0 Å². The van der Waals surface area contributed by atoms with Crippen LogP contribution in [0.1, 0.15) is 16.1 Å². The molecule has 3 aromatic rings. The fourth-order valence-electron chi connectivity index (χ4n) is 2.47. The first-order valence-electron chi connectivity index (χ1n) is 6.21. The molecule has 5 nitrogen and oxygen atoms in total. The lowest BCUT2D eigenvalue weighted by atomic mass is 10.1. The van der Waals surface area contributed by atoms with E-state index in [4.69, 9.17) is 11.6 Å². The molecule has 1 aromatic carbocycles. The number of imidazole rings is 1. The lowest BCUT2D eigenvalue weighted by Gasteiger charge is -2.14. The van der Waals surface area contributed by atoms with Crippen molar-refractivity contribution in [1.82, 2.24) is 9.38 Å². The average molecular weight is 318 g/mol. The number of aromatic nitrogens is 2. The van der Waals surface area contributed by atoms with Crippen molar-refractivity contribution in [3.63, 3.8) is 0 Å². The van der Waals surface area contributed by atoms with Gasteiger partial charge in [0.15, 0.2) is 4.96 Å². The van der Waals surface area contributed by atoms with E-state index in [0.717, 1.165) is 10.7 Å². The Balaban J connectivity index is 1.76. The van der Waals surface area contributed by atoms with Crippen molar-refractivity contribution in [2.75, 3.05) is 4.90 Å². The molecule has 2 aromatic heterocycles. The number of fused-ring (bicyclic) bond motifs is 2. The number of benzene rings is 1. The Morgan fingerprint density at radius 2 is 2.14 bits per heavy atom. The quantitative estimate of drug-likeness (QED) is 0.683. The Kier molecular flexibility index (Phi) is 2.63. The first-order chi connectivity index (χ1) is 10.1. The molecular weight excluding hydrogens is 310 g/mol. The van der Waals surface area contributed by atoms with Crippen LogP contribution >= 0.6 is 22.9 Å². The molecular formula is C14H8ClN3O2S. The molecule has 21 heavy (non-hydrogen) atoms. The number of hydrogen-bond donors (Lipinski definition) is 0. The SMILES string of the molecule is O=C1C(=O)N(Cc2cn3ccsc3n2)c2cccc(Cl)c21. The molecule has 0 bridgehead atoms. The second kappa shape index (κ2) is 4.41. The molecule has 1 amide bonds. The highest BCUT2D eigenvalue weighted by Crippen LogP contribution is 2.34. The van der Waals surface area contributed by atoms with Crippen molar-refractivity contribution in [2.45, 2.75) is 6.54 Å². The maximum Gasteiger partial charge on any atom is 0.299 e. The molecule has 1 aliphatic rings. The zero-order chi connectivity index (χ0) is 14.6. The number of anilines is 1. The average Bonchev–Trinajstić information content (AvgIpc) is 3.09. The van der Waals surface area contributed by atoms with Gasteiger partial charge in [-0.2, -0.15) is 0 Å². The van der Waals surface area contributed by atoms with Gasteiger partial charge in [0.2, 0.25) is 0 Å². The molecule has 1 aliphatic heterocycles. The fourth-order valence-corrected chi connectivity index (χ4v) is 3.45. The predicted molar refractivity (Wildman–Crippen MR) is 80.0 cm³/mol. The van der Waals surface area contributed by atoms with E-state index in [2.05, 4.69) is 4.98 Å². The van der Waals surface area contributed by atoms with Crippen LogP contribution in [-0.2, 0) is 11.3 Å². The zero-order valence-electron chi connectivity index (χ0n) is 10.6. The molecule has 4 rings (SSSR count). The van der Waals surface area contributed by atoms with Gasteiger partial charge in [-0.25, -0.2) is 4.98 Å². The zero-order valence-corrected chi connectivity index (χ0v) is 12.2. The van der Waals surface area contributed by atoms with E-state index in [-0.39, 0.29) is 12.1 Å². The van der Waals surface area contributed by atoms with Crippen molar-refractivity contribution < 1.29 is 9.59 Å². The summed E-state index contributed by atoms with van der Waals surface area (Å²) in [4.78, 5) is 30.9. The smallest absolute Gasteiger partial charge is 0.299 e. The molecule has 0 unspecified atom stereocenters. The van der Waals surface area contributed by atoms with E-state index in [1.165, 1.54) is 16.2 Å². The van der Waals surface area contributed by atoms with Crippen LogP contribution in [0.25, 0.3) is 4.96 Å². The van der Waals surface area contributed by atoms with Gasteiger partial charge < -0.3 is 0 Å². The van der Waals surface area contributed by atoms with E-state index in [1.807, 2.05) is 22.2 Å². The summed E-state index contributed by atoms with van der Waals surface area (Å²) in [5.41, 5.74) is 1.56. The van der Waals surface area contributed by atoms with Crippen LogP contribution < -0.4 is 4.90 Å². The highest BCUT2D eigenvalue weighted by atomic mass is 35.5. The lowest BCUT2D eigenvalue weighted by molar-refractivity contribution is -0.114. The predicted octanol–water partition coefficient (Wildman–Crippen LogP) is 2.78. The van der Waals surface area contributed by atoms with Gasteiger partial charge in [0.05, 0.1) is 28.5 Å². The van der Waals surface area contributed by atoms with E-state index >= 15 is 0 Å². The number of carbonyl (C=O) groups is 2. The van der Waals surface area contributed by atoms with Gasteiger partial charge in [0.1, 0.15) is 0 Å². The molecule has 0 atom stereocenters. The summed E-state index contributed by atoms with van der Waals surface area (Å²) < 4.78 is 1.89. The number of thiazole rings is 1. The van der Waals surface area contributed by atoms with Crippen molar-refractivity contribution >= 4 is 45.3 Å². The summed E-state index contributed by atoms with van der Waals surface area (Å²) in [5, 5.41) is 2.24. The topological polar surface area (TPSA) is 54.7 Å². The Morgan fingerprint density at radius 1 is 1.29 bits per heavy atom. The standard InChI is InChI=1S/C14H8ClN3O2S/c15-9-2-1-3-10-11(9)12(19)13(20)18(10)7-8-6-17-4-5-21-14(17)16-8/h1-6H,7H2. The lowest BCUT2D eigenvalue weighted by Crippen LogP contribution is -2.29. The summed E-state index contributed by atoms with van der Waals surface area (Å²) in [5.74, 6) is -1.12.